The predicted octanol–water partition coefficient (Wildman–Crippen LogP) is 2.96. The van der Waals surface area contributed by atoms with E-state index in [2.05, 4.69) is 42.0 Å². The molecule has 4 heteroatoms. The molecule has 2 aromatic heterocycles. The van der Waals surface area contributed by atoms with E-state index in [4.69, 9.17) is 0 Å². The lowest BCUT2D eigenvalue weighted by Crippen LogP contribution is -2.11. The second kappa shape index (κ2) is 5.87. The molecule has 102 valence electrons. The van der Waals surface area contributed by atoms with Crippen LogP contribution in [0.3, 0.4) is 0 Å². The van der Waals surface area contributed by atoms with Crippen molar-refractivity contribution in [2.75, 3.05) is 0 Å². The van der Waals surface area contributed by atoms with Gasteiger partial charge < -0.3 is 4.98 Å². The summed E-state index contributed by atoms with van der Waals surface area (Å²) in [4.78, 5) is 14.7. The van der Waals surface area contributed by atoms with Crippen molar-refractivity contribution >= 4 is 0 Å². The lowest BCUT2D eigenvalue weighted by atomic mass is 9.96. The number of rotatable bonds is 5. The van der Waals surface area contributed by atoms with Crippen molar-refractivity contribution in [3.63, 3.8) is 0 Å². The molecule has 2 heterocycles. The van der Waals surface area contributed by atoms with Crippen molar-refractivity contribution in [3.8, 4) is 0 Å². The number of aromatic amines is 2. The van der Waals surface area contributed by atoms with Crippen LogP contribution >= 0.6 is 0 Å². The topological polar surface area (TPSA) is 61.5 Å². The molecule has 0 amide bonds. The van der Waals surface area contributed by atoms with Crippen LogP contribution in [0.25, 0.3) is 0 Å². The third-order valence-corrected chi connectivity index (χ3v) is 3.47. The Morgan fingerprint density at radius 1 is 1.32 bits per heavy atom. The molecule has 4 nitrogen and oxygen atoms in total. The van der Waals surface area contributed by atoms with Gasteiger partial charge in [-0.25, -0.2) is 0 Å². The van der Waals surface area contributed by atoms with Crippen molar-refractivity contribution in [1.82, 2.24) is 15.2 Å². The fourth-order valence-electron chi connectivity index (χ4n) is 2.14. The molecule has 0 bridgehead atoms. The average Bonchev–Trinajstić information content (AvgIpc) is 2.85. The minimum absolute atomic E-state index is 0.110. The van der Waals surface area contributed by atoms with E-state index in [1.807, 2.05) is 0 Å². The first kappa shape index (κ1) is 13.6. The molecule has 19 heavy (non-hydrogen) atoms. The molecule has 1 atom stereocenters. The number of nitrogens with zero attached hydrogens (tertiary/aromatic N) is 1. The molecular weight excluding hydrogens is 238 g/mol. The molecule has 1 unspecified atom stereocenters. The fourth-order valence-corrected chi connectivity index (χ4v) is 2.14. The van der Waals surface area contributed by atoms with E-state index in [9.17, 15) is 4.79 Å². The van der Waals surface area contributed by atoms with Crippen LogP contribution in [0.5, 0.6) is 0 Å². The van der Waals surface area contributed by atoms with E-state index in [1.165, 1.54) is 0 Å². The fraction of sp³-hybridized carbons (Fsp3) is 0.467. The highest BCUT2D eigenvalue weighted by Crippen LogP contribution is 2.19. The van der Waals surface area contributed by atoms with E-state index < -0.39 is 0 Å². The highest BCUT2D eigenvalue weighted by Gasteiger charge is 2.11. The summed E-state index contributed by atoms with van der Waals surface area (Å²) in [6, 6.07) is 3.70. The molecular formula is C15H21N3O. The van der Waals surface area contributed by atoms with Gasteiger partial charge in [-0.1, -0.05) is 20.8 Å². The molecule has 0 aromatic carbocycles. The molecule has 2 N–H and O–H groups in total. The maximum Gasteiger partial charge on any atom is 0.184 e. The monoisotopic (exact) mass is 259 g/mol. The zero-order valence-corrected chi connectivity index (χ0v) is 11.7. The molecule has 0 aliphatic heterocycles. The van der Waals surface area contributed by atoms with Gasteiger partial charge >= 0.3 is 0 Å². The maximum absolute atomic E-state index is 11.7. The Balaban J connectivity index is 1.98. The largest absolute Gasteiger partial charge is 0.367 e. The maximum atomic E-state index is 11.7. The molecule has 0 radical (unpaired) electrons. The third-order valence-electron chi connectivity index (χ3n) is 3.47. The Bertz CT molecular complexity index is 583. The minimum Gasteiger partial charge on any atom is -0.367 e. The van der Waals surface area contributed by atoms with Gasteiger partial charge in [-0.15, -0.1) is 0 Å². The lowest BCUT2D eigenvalue weighted by molar-refractivity contribution is 0.663. The van der Waals surface area contributed by atoms with E-state index in [0.29, 0.717) is 5.92 Å². The number of aromatic nitrogens is 3. The van der Waals surface area contributed by atoms with Gasteiger partial charge in [-0.2, -0.15) is 5.10 Å². The van der Waals surface area contributed by atoms with E-state index in [0.717, 1.165) is 29.8 Å². The van der Waals surface area contributed by atoms with Gasteiger partial charge in [0, 0.05) is 29.7 Å². The molecule has 0 aliphatic carbocycles. The zero-order valence-electron chi connectivity index (χ0n) is 11.7. The van der Waals surface area contributed by atoms with Crippen molar-refractivity contribution in [1.29, 1.82) is 0 Å². The summed E-state index contributed by atoms with van der Waals surface area (Å²) in [6.45, 7) is 6.35. The summed E-state index contributed by atoms with van der Waals surface area (Å²) in [7, 11) is 0. The van der Waals surface area contributed by atoms with Gasteiger partial charge in [-0.3, -0.25) is 9.89 Å². The van der Waals surface area contributed by atoms with Gasteiger partial charge in [0.2, 0.25) is 0 Å². The normalized spacial score (nSPS) is 12.8. The van der Waals surface area contributed by atoms with Gasteiger partial charge in [-0.05, 0) is 30.7 Å². The highest BCUT2D eigenvalue weighted by atomic mass is 16.1. The van der Waals surface area contributed by atoms with E-state index >= 15 is 0 Å². The average molecular weight is 259 g/mol. The van der Waals surface area contributed by atoms with Crippen LogP contribution in [-0.4, -0.2) is 15.2 Å². The Kier molecular flexibility index (Phi) is 4.20. The van der Waals surface area contributed by atoms with Crippen LogP contribution in [0.1, 0.15) is 56.0 Å². The van der Waals surface area contributed by atoms with Crippen molar-refractivity contribution in [3.05, 3.63) is 51.7 Å². The molecule has 0 saturated carbocycles. The summed E-state index contributed by atoms with van der Waals surface area (Å²) in [5.74, 6) is 0.690. The Labute approximate surface area is 113 Å². The summed E-state index contributed by atoms with van der Waals surface area (Å²) in [5, 5.41) is 7.36. The summed E-state index contributed by atoms with van der Waals surface area (Å²) >= 11 is 0. The lowest BCUT2D eigenvalue weighted by Gasteiger charge is -2.09. The van der Waals surface area contributed by atoms with Gasteiger partial charge in [0.05, 0.1) is 5.69 Å². The number of pyridine rings is 1. The zero-order chi connectivity index (χ0) is 13.8. The van der Waals surface area contributed by atoms with Crippen molar-refractivity contribution < 1.29 is 0 Å². The van der Waals surface area contributed by atoms with E-state index in [-0.39, 0.29) is 11.3 Å². The van der Waals surface area contributed by atoms with Crippen LogP contribution < -0.4 is 5.43 Å². The van der Waals surface area contributed by atoms with Crippen molar-refractivity contribution in [2.24, 2.45) is 0 Å². The molecule has 0 fully saturated rings. The van der Waals surface area contributed by atoms with Gasteiger partial charge in [0.1, 0.15) is 0 Å². The number of nitrogens with one attached hydrogen (secondary N) is 2. The van der Waals surface area contributed by atoms with Crippen LogP contribution in [0.2, 0.25) is 0 Å². The summed E-state index contributed by atoms with van der Waals surface area (Å²) in [6.07, 6.45) is 5.32. The van der Waals surface area contributed by atoms with Crippen LogP contribution in [0.15, 0.2) is 29.3 Å². The van der Waals surface area contributed by atoms with Gasteiger partial charge in [0.25, 0.3) is 0 Å². The molecule has 0 aliphatic rings. The van der Waals surface area contributed by atoms with Crippen LogP contribution in [0.4, 0.5) is 0 Å². The van der Waals surface area contributed by atoms with Crippen molar-refractivity contribution in [2.45, 2.75) is 45.4 Å². The van der Waals surface area contributed by atoms with E-state index in [1.54, 1.807) is 18.5 Å². The number of hydrogen-bond donors (Lipinski definition) is 2. The summed E-state index contributed by atoms with van der Waals surface area (Å²) < 4.78 is 0. The number of aryl methyl sites for hydroxylation is 1. The quantitative estimate of drug-likeness (QED) is 0.867. The smallest absolute Gasteiger partial charge is 0.184 e. The molecule has 0 saturated heterocycles. The molecule has 2 rings (SSSR count). The predicted molar refractivity (Wildman–Crippen MR) is 76.5 cm³/mol. The molecule has 2 aromatic rings. The number of H-pyrrole nitrogens is 2. The van der Waals surface area contributed by atoms with Gasteiger partial charge in [0.15, 0.2) is 5.43 Å². The summed E-state index contributed by atoms with van der Waals surface area (Å²) in [5.41, 5.74) is 3.20. The van der Waals surface area contributed by atoms with Crippen LogP contribution in [0, 0.1) is 0 Å². The number of hydrogen-bond acceptors (Lipinski definition) is 2. The Morgan fingerprint density at radius 3 is 2.74 bits per heavy atom. The Hall–Kier alpha value is -1.84. The minimum atomic E-state index is 0.110. The Morgan fingerprint density at radius 2 is 2.11 bits per heavy atom. The second-order valence-electron chi connectivity index (χ2n) is 5.38. The van der Waals surface area contributed by atoms with Crippen LogP contribution in [-0.2, 0) is 6.42 Å². The molecule has 0 spiro atoms. The highest BCUT2D eigenvalue weighted by molar-refractivity contribution is 5.16. The third kappa shape index (κ3) is 3.34. The first-order valence-corrected chi connectivity index (χ1v) is 6.79. The SMILES string of the molecule is CC(C)c1cc(CCC(C)c2c[nH]ccc2=O)[nH]n1. The first-order valence-electron chi connectivity index (χ1n) is 6.79. The second-order valence-corrected chi connectivity index (χ2v) is 5.38. The first-order chi connectivity index (χ1) is 9.08. The standard InChI is InChI=1S/C15H21N3O/c1-10(2)14-8-12(17-18-14)5-4-11(3)13-9-16-7-6-15(13)19/h6-11H,4-5H2,1-3H3,(H,16,19)(H,17,18).